The molecule has 6 rings (SSSR count). The summed E-state index contributed by atoms with van der Waals surface area (Å²) in [6.07, 6.45) is 0.258. The number of nitrogens with zero attached hydrogens (tertiary/aromatic N) is 2. The molecule has 194 valence electrons. The molecule has 0 saturated carbocycles. The monoisotopic (exact) mass is 506 g/mol. The van der Waals surface area contributed by atoms with Gasteiger partial charge in [0.25, 0.3) is 5.91 Å². The van der Waals surface area contributed by atoms with Crippen LogP contribution in [-0.2, 0) is 26.1 Å². The largest absolute Gasteiger partial charge is 0.492 e. The van der Waals surface area contributed by atoms with E-state index in [9.17, 15) is 10.1 Å². The van der Waals surface area contributed by atoms with Gasteiger partial charge in [-0.05, 0) is 47.9 Å². The van der Waals surface area contributed by atoms with Gasteiger partial charge in [-0.3, -0.25) is 9.69 Å². The van der Waals surface area contributed by atoms with Crippen molar-refractivity contribution in [2.75, 3.05) is 52.6 Å². The van der Waals surface area contributed by atoms with Gasteiger partial charge in [-0.1, -0.05) is 18.2 Å². The maximum Gasteiger partial charge on any atom is 0.251 e. The molecule has 37 heavy (non-hydrogen) atoms. The van der Waals surface area contributed by atoms with Gasteiger partial charge in [0, 0.05) is 38.2 Å². The maximum atomic E-state index is 15.2. The van der Waals surface area contributed by atoms with Crippen LogP contribution in [0, 0.1) is 17.1 Å². The van der Waals surface area contributed by atoms with E-state index in [-0.39, 0.29) is 17.7 Å². The van der Waals surface area contributed by atoms with Crippen LogP contribution in [0.5, 0.6) is 5.75 Å². The first kappa shape index (κ1) is 24.3. The zero-order valence-electron chi connectivity index (χ0n) is 20.7. The lowest BCUT2D eigenvalue weighted by Gasteiger charge is -2.52. The number of hydrogen-bond donors (Lipinski definition) is 2. The number of benzene rings is 2. The second-order valence-electron chi connectivity index (χ2n) is 10.5. The first-order valence-electron chi connectivity index (χ1n) is 12.9. The molecular weight excluding hydrogens is 475 g/mol. The molecule has 0 bridgehead atoms. The van der Waals surface area contributed by atoms with Crippen LogP contribution in [0.2, 0.25) is 0 Å². The minimum absolute atomic E-state index is 0.00573. The van der Waals surface area contributed by atoms with Gasteiger partial charge in [0.15, 0.2) is 0 Å². The summed E-state index contributed by atoms with van der Waals surface area (Å²) in [6, 6.07) is 12.9. The molecule has 2 atom stereocenters. The van der Waals surface area contributed by atoms with E-state index in [1.165, 1.54) is 11.6 Å². The summed E-state index contributed by atoms with van der Waals surface area (Å²) in [4.78, 5) is 15.0. The third-order valence-corrected chi connectivity index (χ3v) is 7.93. The number of halogens is 1. The zero-order chi connectivity index (χ0) is 25.4. The fourth-order valence-electron chi connectivity index (χ4n) is 5.62. The molecule has 2 N–H and O–H groups in total. The van der Waals surface area contributed by atoms with Gasteiger partial charge < -0.3 is 24.8 Å². The van der Waals surface area contributed by atoms with Gasteiger partial charge in [-0.25, -0.2) is 4.39 Å². The van der Waals surface area contributed by atoms with Crippen LogP contribution in [0.4, 0.5) is 4.39 Å². The van der Waals surface area contributed by atoms with Crippen LogP contribution in [0.25, 0.3) is 11.1 Å². The van der Waals surface area contributed by atoms with Gasteiger partial charge >= 0.3 is 0 Å². The van der Waals surface area contributed by atoms with Crippen molar-refractivity contribution < 1.29 is 23.4 Å². The van der Waals surface area contributed by atoms with Crippen LogP contribution in [0.15, 0.2) is 36.4 Å². The highest BCUT2D eigenvalue weighted by Gasteiger charge is 2.52. The molecule has 2 aromatic rings. The Morgan fingerprint density at radius 3 is 2.81 bits per heavy atom. The van der Waals surface area contributed by atoms with E-state index >= 15 is 4.39 Å². The number of carbonyl (C=O) groups excluding carboxylic acids is 1. The molecule has 0 radical (unpaired) electrons. The standard InChI is InChI=1S/C28H31FN4O4/c29-24-10-19(2-3-20(24)8-21(11-30)32-27(34)26-12-31-6-1-7-36-26)18-4-5-25-23(9-18)28(17-37-25)15-33(16-28)22-13-35-14-22/h2-5,9-10,21-22,26,31H,1,6-8,12-17H2,(H,32,34)/t21-,26-/m0/s1. The topological polar surface area (TPSA) is 95.9 Å². The Morgan fingerprint density at radius 2 is 2.05 bits per heavy atom. The molecule has 1 amide bonds. The number of fused-ring (bicyclic) bond motifs is 2. The van der Waals surface area contributed by atoms with E-state index in [4.69, 9.17) is 14.2 Å². The van der Waals surface area contributed by atoms with Crippen molar-refractivity contribution in [2.24, 2.45) is 0 Å². The molecule has 4 aliphatic rings. The molecule has 0 unspecified atom stereocenters. The highest BCUT2D eigenvalue weighted by Crippen LogP contribution is 2.47. The molecule has 2 aromatic carbocycles. The van der Waals surface area contributed by atoms with Gasteiger partial charge in [-0.2, -0.15) is 5.26 Å². The molecule has 3 saturated heterocycles. The van der Waals surface area contributed by atoms with Crippen molar-refractivity contribution in [3.63, 3.8) is 0 Å². The Kier molecular flexibility index (Phi) is 6.59. The quantitative estimate of drug-likeness (QED) is 0.617. The van der Waals surface area contributed by atoms with E-state index in [2.05, 4.69) is 27.7 Å². The average Bonchev–Trinajstić information content (AvgIpc) is 3.02. The molecule has 3 fully saturated rings. The molecule has 0 aliphatic carbocycles. The molecule has 8 nitrogen and oxygen atoms in total. The summed E-state index contributed by atoms with van der Waals surface area (Å²) in [5.41, 5.74) is 3.27. The van der Waals surface area contributed by atoms with Gasteiger partial charge in [0.1, 0.15) is 30.3 Å². The van der Waals surface area contributed by atoms with E-state index < -0.39 is 18.0 Å². The normalized spacial score (nSPS) is 23.6. The summed E-state index contributed by atoms with van der Waals surface area (Å²) in [5, 5.41) is 15.4. The van der Waals surface area contributed by atoms with Gasteiger partial charge in [-0.15, -0.1) is 0 Å². The Bertz CT molecular complexity index is 1210. The summed E-state index contributed by atoms with van der Waals surface area (Å²) in [5.74, 6) is 0.156. The Hall–Kier alpha value is -3.03. The second-order valence-corrected chi connectivity index (χ2v) is 10.5. The number of amides is 1. The number of rotatable bonds is 6. The van der Waals surface area contributed by atoms with Crippen LogP contribution in [0.3, 0.4) is 0 Å². The van der Waals surface area contributed by atoms with Crippen molar-refractivity contribution in [1.29, 1.82) is 5.26 Å². The maximum absolute atomic E-state index is 15.2. The molecule has 4 aliphatic heterocycles. The first-order chi connectivity index (χ1) is 18.0. The summed E-state index contributed by atoms with van der Waals surface area (Å²) >= 11 is 0. The van der Waals surface area contributed by atoms with Crippen LogP contribution < -0.4 is 15.4 Å². The Morgan fingerprint density at radius 1 is 1.24 bits per heavy atom. The Balaban J connectivity index is 1.14. The fraction of sp³-hybridized carbons (Fsp3) is 0.500. The lowest BCUT2D eigenvalue weighted by molar-refractivity contribution is -0.132. The minimum atomic E-state index is -0.848. The Labute approximate surface area is 215 Å². The van der Waals surface area contributed by atoms with Crippen LogP contribution >= 0.6 is 0 Å². The van der Waals surface area contributed by atoms with E-state index in [0.717, 1.165) is 56.1 Å². The number of carbonyl (C=O) groups is 1. The van der Waals surface area contributed by atoms with E-state index in [1.54, 1.807) is 6.07 Å². The van der Waals surface area contributed by atoms with Crippen molar-refractivity contribution in [3.05, 3.63) is 53.3 Å². The second kappa shape index (κ2) is 10.0. The lowest BCUT2D eigenvalue weighted by atomic mass is 9.74. The predicted octanol–water partition coefficient (Wildman–Crippen LogP) is 1.77. The number of ether oxygens (including phenoxy) is 3. The van der Waals surface area contributed by atoms with E-state index in [1.807, 2.05) is 18.2 Å². The highest BCUT2D eigenvalue weighted by atomic mass is 19.1. The molecule has 0 aromatic heterocycles. The summed E-state index contributed by atoms with van der Waals surface area (Å²) < 4.78 is 32.1. The van der Waals surface area contributed by atoms with Crippen molar-refractivity contribution in [2.45, 2.75) is 36.4 Å². The summed E-state index contributed by atoms with van der Waals surface area (Å²) in [6.45, 7) is 5.86. The van der Waals surface area contributed by atoms with Crippen molar-refractivity contribution >= 4 is 5.91 Å². The number of likely N-dealkylation sites (tertiary alicyclic amines) is 1. The van der Waals surface area contributed by atoms with Crippen LogP contribution in [-0.4, -0.2) is 81.6 Å². The third-order valence-electron chi connectivity index (χ3n) is 7.93. The highest BCUT2D eigenvalue weighted by molar-refractivity contribution is 5.81. The predicted molar refractivity (Wildman–Crippen MR) is 134 cm³/mol. The summed E-state index contributed by atoms with van der Waals surface area (Å²) in [7, 11) is 0. The SMILES string of the molecule is N#C[C@H](Cc1ccc(-c2ccc3c(c2)C2(CO3)CN(C3COC3)C2)cc1F)NC(=O)[C@@H]1CNCCCO1. The lowest BCUT2D eigenvalue weighted by Crippen LogP contribution is -2.67. The van der Waals surface area contributed by atoms with E-state index in [0.29, 0.717) is 31.4 Å². The minimum Gasteiger partial charge on any atom is -0.492 e. The number of nitrogens with one attached hydrogen (secondary N) is 2. The molecule has 4 heterocycles. The molecular formula is C28H31FN4O4. The smallest absolute Gasteiger partial charge is 0.251 e. The van der Waals surface area contributed by atoms with Crippen molar-refractivity contribution in [1.82, 2.24) is 15.5 Å². The average molecular weight is 507 g/mol. The fourth-order valence-corrected chi connectivity index (χ4v) is 5.62. The van der Waals surface area contributed by atoms with Gasteiger partial charge in [0.2, 0.25) is 0 Å². The first-order valence-corrected chi connectivity index (χ1v) is 12.9. The molecule has 9 heteroatoms. The zero-order valence-corrected chi connectivity index (χ0v) is 20.7. The molecule has 1 spiro atoms. The van der Waals surface area contributed by atoms with Crippen LogP contribution in [0.1, 0.15) is 17.5 Å². The number of nitriles is 1. The third kappa shape index (κ3) is 4.71. The van der Waals surface area contributed by atoms with Crippen molar-refractivity contribution in [3.8, 4) is 22.9 Å². The van der Waals surface area contributed by atoms with Gasteiger partial charge in [0.05, 0.1) is 30.7 Å². The number of hydrogen-bond acceptors (Lipinski definition) is 7.